The third-order valence-corrected chi connectivity index (χ3v) is 6.08. The Labute approximate surface area is 173 Å². The van der Waals surface area contributed by atoms with E-state index in [0.29, 0.717) is 23.5 Å². The number of hydroxylamine groups is 1. The summed E-state index contributed by atoms with van der Waals surface area (Å²) >= 11 is 5.97. The van der Waals surface area contributed by atoms with Crippen molar-refractivity contribution in [2.24, 2.45) is 11.8 Å². The van der Waals surface area contributed by atoms with Gasteiger partial charge >= 0.3 is 5.97 Å². The molecule has 0 aromatic heterocycles. The molecule has 0 spiro atoms. The van der Waals surface area contributed by atoms with Gasteiger partial charge in [0, 0.05) is 17.5 Å². The van der Waals surface area contributed by atoms with Crippen LogP contribution in [0.3, 0.4) is 0 Å². The monoisotopic (exact) mass is 411 g/mol. The minimum absolute atomic E-state index is 0.200. The van der Waals surface area contributed by atoms with E-state index in [4.69, 9.17) is 21.4 Å². The smallest absolute Gasteiger partial charge is 0.303 e. The molecule has 3 atom stereocenters. The van der Waals surface area contributed by atoms with Crippen molar-refractivity contribution in [3.63, 3.8) is 0 Å². The highest BCUT2D eigenvalue weighted by atomic mass is 35.5. The van der Waals surface area contributed by atoms with Crippen LogP contribution < -0.4 is 10.2 Å². The summed E-state index contributed by atoms with van der Waals surface area (Å²) in [6.07, 6.45) is 10.8. The lowest BCUT2D eigenvalue weighted by atomic mass is 9.85. The van der Waals surface area contributed by atoms with Gasteiger partial charge in [0.05, 0.1) is 6.61 Å². The molecule has 0 radical (unpaired) electrons. The molecule has 1 aliphatic rings. The van der Waals surface area contributed by atoms with Crippen LogP contribution in [0.4, 0.5) is 0 Å². The van der Waals surface area contributed by atoms with E-state index in [1.165, 1.54) is 6.42 Å². The standard InChI is InChI=1S/C22H34ClNO4/c23-18-9-7-10-19(16-18)28-15-6-5-11-20-17(13-14-21(20)24-27)8-3-1-2-4-12-22(25)26/h7,9-10,16-17,20-21,24,27H,1-6,8,11-15H2,(H,25,26)/t17-,20+,21?/m0/s1. The molecule has 2 rings (SSSR count). The molecule has 28 heavy (non-hydrogen) atoms. The summed E-state index contributed by atoms with van der Waals surface area (Å²) in [5.41, 5.74) is 2.53. The van der Waals surface area contributed by atoms with Gasteiger partial charge < -0.3 is 15.1 Å². The molecular weight excluding hydrogens is 378 g/mol. The molecule has 1 aromatic rings. The topological polar surface area (TPSA) is 78.8 Å². The maximum atomic E-state index is 10.6. The van der Waals surface area contributed by atoms with Crippen LogP contribution in [0.5, 0.6) is 5.75 Å². The number of benzene rings is 1. The number of unbranched alkanes of at least 4 members (excludes halogenated alkanes) is 4. The maximum absolute atomic E-state index is 10.6. The zero-order chi connectivity index (χ0) is 20.2. The van der Waals surface area contributed by atoms with Crippen LogP contribution in [-0.4, -0.2) is 28.9 Å². The largest absolute Gasteiger partial charge is 0.494 e. The molecule has 1 aromatic carbocycles. The molecule has 158 valence electrons. The Morgan fingerprint density at radius 1 is 1.11 bits per heavy atom. The summed E-state index contributed by atoms with van der Waals surface area (Å²) in [5, 5.41) is 18.9. The van der Waals surface area contributed by atoms with Gasteiger partial charge in [-0.15, -0.1) is 0 Å². The molecule has 0 saturated heterocycles. The first kappa shape index (κ1) is 23.0. The molecule has 1 unspecified atom stereocenters. The fourth-order valence-corrected chi connectivity index (χ4v) is 4.55. The number of hydrogen-bond acceptors (Lipinski definition) is 4. The number of carboxylic acids is 1. The summed E-state index contributed by atoms with van der Waals surface area (Å²) < 4.78 is 5.76. The fraction of sp³-hybridized carbons (Fsp3) is 0.682. The molecule has 1 aliphatic carbocycles. The zero-order valence-electron chi connectivity index (χ0n) is 16.6. The minimum Gasteiger partial charge on any atom is -0.494 e. The minimum atomic E-state index is -0.702. The number of ether oxygens (including phenoxy) is 1. The number of carbonyl (C=O) groups is 1. The van der Waals surface area contributed by atoms with Crippen LogP contribution in [0.15, 0.2) is 24.3 Å². The van der Waals surface area contributed by atoms with Crippen LogP contribution in [0.1, 0.15) is 70.6 Å². The van der Waals surface area contributed by atoms with Crippen LogP contribution in [-0.2, 0) is 4.79 Å². The quantitative estimate of drug-likeness (QED) is 0.271. The van der Waals surface area contributed by atoms with Crippen molar-refractivity contribution >= 4 is 17.6 Å². The molecule has 0 heterocycles. The lowest BCUT2D eigenvalue weighted by Crippen LogP contribution is -2.31. The van der Waals surface area contributed by atoms with E-state index in [0.717, 1.165) is 63.5 Å². The molecule has 0 aliphatic heterocycles. The van der Waals surface area contributed by atoms with Crippen molar-refractivity contribution in [2.75, 3.05) is 6.61 Å². The Kier molecular flexibility index (Phi) is 10.7. The highest BCUT2D eigenvalue weighted by Crippen LogP contribution is 2.38. The lowest BCUT2D eigenvalue weighted by Gasteiger charge is -2.24. The van der Waals surface area contributed by atoms with Crippen LogP contribution in [0.25, 0.3) is 0 Å². The van der Waals surface area contributed by atoms with Gasteiger partial charge in [-0.3, -0.25) is 4.79 Å². The van der Waals surface area contributed by atoms with Gasteiger partial charge in [0.15, 0.2) is 0 Å². The number of carboxylic acid groups (broad SMARTS) is 1. The van der Waals surface area contributed by atoms with Crippen molar-refractivity contribution in [1.29, 1.82) is 0 Å². The van der Waals surface area contributed by atoms with Gasteiger partial charge in [-0.05, 0) is 68.6 Å². The van der Waals surface area contributed by atoms with Crippen molar-refractivity contribution in [3.05, 3.63) is 29.3 Å². The second kappa shape index (κ2) is 13.0. The fourth-order valence-electron chi connectivity index (χ4n) is 4.37. The third-order valence-electron chi connectivity index (χ3n) is 5.85. The molecule has 0 amide bonds. The van der Waals surface area contributed by atoms with Crippen LogP contribution >= 0.6 is 11.6 Å². The average Bonchev–Trinajstić information content (AvgIpc) is 3.06. The van der Waals surface area contributed by atoms with Crippen molar-refractivity contribution in [2.45, 2.75) is 76.7 Å². The Morgan fingerprint density at radius 3 is 2.64 bits per heavy atom. The van der Waals surface area contributed by atoms with Gasteiger partial charge in [0.2, 0.25) is 0 Å². The Morgan fingerprint density at radius 2 is 1.89 bits per heavy atom. The zero-order valence-corrected chi connectivity index (χ0v) is 17.4. The second-order valence-corrected chi connectivity index (χ2v) is 8.32. The second-order valence-electron chi connectivity index (χ2n) is 7.89. The summed E-state index contributed by atoms with van der Waals surface area (Å²) in [6, 6.07) is 7.67. The van der Waals surface area contributed by atoms with E-state index in [9.17, 15) is 10.0 Å². The Bertz CT molecular complexity index is 583. The summed E-state index contributed by atoms with van der Waals surface area (Å²) in [6.45, 7) is 0.679. The van der Waals surface area contributed by atoms with E-state index in [1.54, 1.807) is 0 Å². The number of rotatable bonds is 14. The van der Waals surface area contributed by atoms with Crippen molar-refractivity contribution < 1.29 is 19.8 Å². The number of nitrogens with one attached hydrogen (secondary N) is 1. The van der Waals surface area contributed by atoms with E-state index >= 15 is 0 Å². The first-order chi connectivity index (χ1) is 13.6. The van der Waals surface area contributed by atoms with E-state index in [2.05, 4.69) is 5.48 Å². The van der Waals surface area contributed by atoms with Crippen molar-refractivity contribution in [1.82, 2.24) is 5.48 Å². The van der Waals surface area contributed by atoms with Crippen LogP contribution in [0.2, 0.25) is 5.02 Å². The predicted molar refractivity (Wildman–Crippen MR) is 111 cm³/mol. The number of hydrogen-bond donors (Lipinski definition) is 3. The molecule has 1 fully saturated rings. The van der Waals surface area contributed by atoms with E-state index in [1.807, 2.05) is 24.3 Å². The molecular formula is C22H34ClNO4. The third kappa shape index (κ3) is 8.38. The van der Waals surface area contributed by atoms with Crippen molar-refractivity contribution in [3.8, 4) is 5.75 Å². The molecule has 3 N–H and O–H groups in total. The predicted octanol–water partition coefficient (Wildman–Crippen LogP) is 5.69. The summed E-state index contributed by atoms with van der Waals surface area (Å²) in [4.78, 5) is 10.6. The SMILES string of the molecule is O=C(O)CCCCCC[C@H]1CCC(NO)[C@@H]1CCCCOc1cccc(Cl)c1. The molecule has 1 saturated carbocycles. The van der Waals surface area contributed by atoms with E-state index < -0.39 is 5.97 Å². The first-order valence-electron chi connectivity index (χ1n) is 10.6. The van der Waals surface area contributed by atoms with Gasteiger partial charge in [-0.25, -0.2) is 5.48 Å². The van der Waals surface area contributed by atoms with Gasteiger partial charge in [0.1, 0.15) is 5.75 Å². The van der Waals surface area contributed by atoms with Crippen LogP contribution in [0, 0.1) is 11.8 Å². The normalized spacial score (nSPS) is 21.7. The lowest BCUT2D eigenvalue weighted by molar-refractivity contribution is -0.137. The summed E-state index contributed by atoms with van der Waals surface area (Å²) in [5.74, 6) is 1.27. The van der Waals surface area contributed by atoms with Gasteiger partial charge in [-0.2, -0.15) is 0 Å². The summed E-state index contributed by atoms with van der Waals surface area (Å²) in [7, 11) is 0. The number of halogens is 1. The maximum Gasteiger partial charge on any atom is 0.303 e. The molecule has 5 nitrogen and oxygen atoms in total. The average molecular weight is 412 g/mol. The number of aliphatic carboxylic acids is 1. The highest BCUT2D eigenvalue weighted by molar-refractivity contribution is 6.30. The molecule has 6 heteroatoms. The Balaban J connectivity index is 1.63. The highest BCUT2D eigenvalue weighted by Gasteiger charge is 2.34. The van der Waals surface area contributed by atoms with E-state index in [-0.39, 0.29) is 12.5 Å². The first-order valence-corrected chi connectivity index (χ1v) is 11.0. The molecule has 0 bridgehead atoms. The van der Waals surface area contributed by atoms with Gasteiger partial charge in [0.25, 0.3) is 0 Å². The Hall–Kier alpha value is -1.30. The van der Waals surface area contributed by atoms with Gasteiger partial charge in [-0.1, -0.05) is 43.4 Å².